The number of benzene rings is 9. The smallest absolute Gasteiger partial charge is 0.180 e. The van der Waals surface area contributed by atoms with Crippen molar-refractivity contribution in [2.75, 3.05) is 0 Å². The monoisotopic (exact) mass is 740 g/mol. The van der Waals surface area contributed by atoms with Crippen molar-refractivity contribution in [2.45, 2.75) is 0 Å². The van der Waals surface area contributed by atoms with Gasteiger partial charge in [0.15, 0.2) is 8.07 Å². The number of fused-ring (bicyclic) bond motifs is 10. The van der Waals surface area contributed by atoms with Gasteiger partial charge in [0, 0.05) is 32.9 Å². The van der Waals surface area contributed by atoms with Gasteiger partial charge in [-0.3, -0.25) is 0 Å². The van der Waals surface area contributed by atoms with Gasteiger partial charge in [0.1, 0.15) is 0 Å². The Morgan fingerprint density at radius 3 is 1.60 bits per heavy atom. The molecule has 266 valence electrons. The molecule has 2 nitrogen and oxygen atoms in total. The molecule has 12 rings (SSSR count). The van der Waals surface area contributed by atoms with Crippen molar-refractivity contribution in [1.82, 2.24) is 9.13 Å². The van der Waals surface area contributed by atoms with E-state index in [9.17, 15) is 0 Å². The standard InChI is InChI=1S/C54H36N2Si/c1-3-17-39(18-4-1)55-49-27-12-8-25-47(49)53-50(55)35-34-46-43-22-7-11-26-48(43)56(54(46)53)40-19-15-16-38(36-40)37-30-32-42(33-31-37)57(41-20-5-2-6-21-41)51-28-13-9-23-44(51)45-24-10-14-29-52(45)57/h1-36H. The molecule has 0 radical (unpaired) electrons. The van der Waals surface area contributed by atoms with Crippen LogP contribution < -0.4 is 20.7 Å². The lowest BCUT2D eigenvalue weighted by Crippen LogP contribution is -2.72. The molecule has 2 aromatic heterocycles. The summed E-state index contributed by atoms with van der Waals surface area (Å²) in [5.74, 6) is 0. The van der Waals surface area contributed by atoms with Crippen LogP contribution in [-0.4, -0.2) is 17.2 Å². The zero-order valence-electron chi connectivity index (χ0n) is 31.2. The van der Waals surface area contributed by atoms with Crippen LogP contribution in [0, 0.1) is 0 Å². The Morgan fingerprint density at radius 2 is 0.877 bits per heavy atom. The number of nitrogens with zero attached hydrogens (tertiary/aromatic N) is 2. The molecule has 0 N–H and O–H groups in total. The quantitative estimate of drug-likeness (QED) is 0.156. The molecule has 3 heterocycles. The van der Waals surface area contributed by atoms with Gasteiger partial charge in [-0.25, -0.2) is 0 Å². The van der Waals surface area contributed by atoms with E-state index in [-0.39, 0.29) is 0 Å². The molecule has 0 amide bonds. The molecule has 0 unspecified atom stereocenters. The van der Waals surface area contributed by atoms with Crippen molar-refractivity contribution in [1.29, 1.82) is 0 Å². The molecular formula is C54H36N2Si. The van der Waals surface area contributed by atoms with Gasteiger partial charge >= 0.3 is 0 Å². The molecule has 57 heavy (non-hydrogen) atoms. The summed E-state index contributed by atoms with van der Waals surface area (Å²) < 4.78 is 4.91. The van der Waals surface area contributed by atoms with Crippen LogP contribution in [0.5, 0.6) is 0 Å². The van der Waals surface area contributed by atoms with E-state index in [0.29, 0.717) is 0 Å². The van der Waals surface area contributed by atoms with Gasteiger partial charge in [0.2, 0.25) is 0 Å². The molecule has 3 heteroatoms. The van der Waals surface area contributed by atoms with Crippen molar-refractivity contribution >= 4 is 72.4 Å². The van der Waals surface area contributed by atoms with Crippen molar-refractivity contribution in [2.24, 2.45) is 0 Å². The van der Waals surface area contributed by atoms with E-state index in [4.69, 9.17) is 0 Å². The Bertz CT molecular complexity index is 3290. The molecule has 0 spiro atoms. The number of rotatable bonds is 5. The molecule has 0 saturated heterocycles. The zero-order valence-corrected chi connectivity index (χ0v) is 32.2. The van der Waals surface area contributed by atoms with E-state index in [0.717, 1.165) is 11.4 Å². The third-order valence-electron chi connectivity index (χ3n) is 12.4. The van der Waals surface area contributed by atoms with Gasteiger partial charge in [0.05, 0.1) is 22.1 Å². The fraction of sp³-hybridized carbons (Fsp3) is 0. The molecule has 9 aromatic carbocycles. The van der Waals surface area contributed by atoms with Crippen LogP contribution in [0.3, 0.4) is 0 Å². The number of hydrogen-bond donors (Lipinski definition) is 0. The lowest BCUT2D eigenvalue weighted by Gasteiger charge is -2.31. The summed E-state index contributed by atoms with van der Waals surface area (Å²) in [5.41, 5.74) is 12.3. The van der Waals surface area contributed by atoms with Gasteiger partial charge < -0.3 is 9.13 Å². The van der Waals surface area contributed by atoms with E-state index in [1.54, 1.807) is 0 Å². The minimum atomic E-state index is -2.54. The van der Waals surface area contributed by atoms with Gasteiger partial charge in [-0.2, -0.15) is 0 Å². The largest absolute Gasteiger partial charge is 0.309 e. The summed E-state index contributed by atoms with van der Waals surface area (Å²) in [7, 11) is -2.54. The number of aromatic nitrogens is 2. The van der Waals surface area contributed by atoms with Crippen LogP contribution >= 0.6 is 0 Å². The predicted molar refractivity (Wildman–Crippen MR) is 243 cm³/mol. The maximum Gasteiger partial charge on any atom is 0.180 e. The summed E-state index contributed by atoms with van der Waals surface area (Å²) in [5, 5.41) is 10.8. The summed E-state index contributed by atoms with van der Waals surface area (Å²) in [6.45, 7) is 0. The second kappa shape index (κ2) is 12.4. The first-order chi connectivity index (χ1) is 28.3. The maximum absolute atomic E-state index is 2.54. The maximum atomic E-state index is 2.50. The first kappa shape index (κ1) is 32.1. The van der Waals surface area contributed by atoms with Crippen LogP contribution in [-0.2, 0) is 0 Å². The van der Waals surface area contributed by atoms with Crippen LogP contribution in [0.1, 0.15) is 0 Å². The van der Waals surface area contributed by atoms with E-state index >= 15 is 0 Å². The third kappa shape index (κ3) is 4.52. The first-order valence-corrected chi connectivity index (χ1v) is 21.8. The highest BCUT2D eigenvalue weighted by Crippen LogP contribution is 2.42. The van der Waals surface area contributed by atoms with Crippen molar-refractivity contribution in [3.8, 4) is 33.6 Å². The van der Waals surface area contributed by atoms with Gasteiger partial charge in [-0.05, 0) is 85.5 Å². The number of hydrogen-bond acceptors (Lipinski definition) is 0. The second-order valence-corrected chi connectivity index (χ2v) is 19.0. The van der Waals surface area contributed by atoms with Gasteiger partial charge in [0.25, 0.3) is 0 Å². The fourth-order valence-electron chi connectivity index (χ4n) is 10.1. The Morgan fingerprint density at radius 1 is 0.316 bits per heavy atom. The SMILES string of the molecule is c1ccc(-n2c3ccccc3c3c2ccc2c4ccccc4n(-c4cccc(-c5ccc([Si]6(c7ccccc7)c7ccccc7-c7ccccc76)cc5)c4)c23)cc1. The molecule has 11 aromatic rings. The molecule has 0 aliphatic carbocycles. The highest BCUT2D eigenvalue weighted by molar-refractivity contribution is 7.22. The first-order valence-electron chi connectivity index (χ1n) is 19.8. The van der Waals surface area contributed by atoms with Crippen molar-refractivity contribution in [3.05, 3.63) is 218 Å². The van der Waals surface area contributed by atoms with Crippen molar-refractivity contribution in [3.63, 3.8) is 0 Å². The Labute approximate surface area is 332 Å². The number of para-hydroxylation sites is 3. The zero-order chi connectivity index (χ0) is 37.5. The summed E-state index contributed by atoms with van der Waals surface area (Å²) >= 11 is 0. The van der Waals surface area contributed by atoms with Gasteiger partial charge in [-0.1, -0.05) is 176 Å². The van der Waals surface area contributed by atoms with Crippen LogP contribution in [0.15, 0.2) is 218 Å². The molecule has 0 saturated carbocycles. The summed E-state index contributed by atoms with van der Waals surface area (Å²) in [6, 6.07) is 81.2. The summed E-state index contributed by atoms with van der Waals surface area (Å²) in [6.07, 6.45) is 0. The summed E-state index contributed by atoms with van der Waals surface area (Å²) in [4.78, 5) is 0. The molecule has 1 aliphatic heterocycles. The Kier molecular flexibility index (Phi) is 6.98. The molecule has 0 atom stereocenters. The van der Waals surface area contributed by atoms with Crippen LogP contribution in [0.2, 0.25) is 0 Å². The second-order valence-electron chi connectivity index (χ2n) is 15.2. The minimum Gasteiger partial charge on any atom is -0.309 e. The third-order valence-corrected chi connectivity index (χ3v) is 17.3. The lowest BCUT2D eigenvalue weighted by atomic mass is 10.0. The van der Waals surface area contributed by atoms with E-state index in [1.807, 2.05) is 0 Å². The lowest BCUT2D eigenvalue weighted by molar-refractivity contribution is 1.17. The fourth-order valence-corrected chi connectivity index (χ4v) is 15.2. The highest BCUT2D eigenvalue weighted by Gasteiger charge is 2.48. The topological polar surface area (TPSA) is 9.86 Å². The molecule has 1 aliphatic rings. The van der Waals surface area contributed by atoms with Crippen molar-refractivity contribution < 1.29 is 0 Å². The van der Waals surface area contributed by atoms with E-state index < -0.39 is 8.07 Å². The Balaban J connectivity index is 1.06. The van der Waals surface area contributed by atoms with Crippen LogP contribution in [0.4, 0.5) is 0 Å². The highest BCUT2D eigenvalue weighted by atomic mass is 28.3. The Hall–Kier alpha value is -7.20. The van der Waals surface area contributed by atoms with Gasteiger partial charge in [-0.15, -0.1) is 0 Å². The minimum absolute atomic E-state index is 1.15. The average molecular weight is 741 g/mol. The normalized spacial score (nSPS) is 13.1. The molecule has 0 fully saturated rings. The van der Waals surface area contributed by atoms with E-state index in [2.05, 4.69) is 228 Å². The average Bonchev–Trinajstić information content (AvgIpc) is 3.92. The van der Waals surface area contributed by atoms with E-state index in [1.165, 1.54) is 86.6 Å². The van der Waals surface area contributed by atoms with Crippen LogP contribution in [0.25, 0.3) is 77.2 Å². The molecular weight excluding hydrogens is 705 g/mol. The predicted octanol–water partition coefficient (Wildman–Crippen LogP) is 10.9. The molecule has 0 bridgehead atoms.